The van der Waals surface area contributed by atoms with Gasteiger partial charge in [-0.3, -0.25) is 13.9 Å². The van der Waals surface area contributed by atoms with E-state index in [0.717, 1.165) is 33.1 Å². The van der Waals surface area contributed by atoms with Crippen LogP contribution in [0.4, 0.5) is 10.1 Å². The van der Waals surface area contributed by atoms with Crippen molar-refractivity contribution in [1.29, 1.82) is 0 Å². The molecule has 0 heterocycles. The molecule has 0 aliphatic heterocycles. The van der Waals surface area contributed by atoms with E-state index in [2.05, 4.69) is 5.32 Å². The zero-order chi connectivity index (χ0) is 27.2. The zero-order valence-electron chi connectivity index (χ0n) is 21.4. The molecule has 0 spiro atoms. The number of carbonyl (C=O) groups excluding carboxylic acids is 2. The minimum atomic E-state index is -4.23. The van der Waals surface area contributed by atoms with E-state index < -0.39 is 34.3 Å². The van der Waals surface area contributed by atoms with Crippen LogP contribution in [0.15, 0.2) is 77.7 Å². The van der Waals surface area contributed by atoms with E-state index in [1.54, 1.807) is 31.2 Å². The summed E-state index contributed by atoms with van der Waals surface area (Å²) in [6.45, 7) is 5.18. The minimum Gasteiger partial charge on any atom is -0.357 e. The number of amides is 2. The van der Waals surface area contributed by atoms with Crippen LogP contribution in [-0.2, 0) is 26.2 Å². The number of hydrogen-bond acceptors (Lipinski definition) is 4. The van der Waals surface area contributed by atoms with Crippen molar-refractivity contribution < 1.29 is 22.4 Å². The highest BCUT2D eigenvalue weighted by Gasteiger charge is 2.33. The van der Waals surface area contributed by atoms with Crippen molar-refractivity contribution in [1.82, 2.24) is 10.2 Å². The number of anilines is 1. The van der Waals surface area contributed by atoms with Crippen molar-refractivity contribution in [3.05, 3.63) is 95.3 Å². The third kappa shape index (κ3) is 6.74. The van der Waals surface area contributed by atoms with Crippen molar-refractivity contribution in [2.75, 3.05) is 17.9 Å². The number of carbonyl (C=O) groups is 2. The fourth-order valence-electron chi connectivity index (χ4n) is 4.07. The average Bonchev–Trinajstić information content (AvgIpc) is 2.87. The van der Waals surface area contributed by atoms with Gasteiger partial charge < -0.3 is 10.2 Å². The summed E-state index contributed by atoms with van der Waals surface area (Å²) in [5, 5.41) is 2.60. The normalized spacial score (nSPS) is 12.0. The number of likely N-dealkylation sites (N-methyl/N-ethyl adjacent to an activating group) is 1. The molecule has 0 aliphatic carbocycles. The topological polar surface area (TPSA) is 86.8 Å². The van der Waals surface area contributed by atoms with E-state index in [9.17, 15) is 22.4 Å². The molecule has 2 amide bonds. The molecule has 3 aromatic rings. The van der Waals surface area contributed by atoms with E-state index in [1.165, 1.54) is 24.1 Å². The van der Waals surface area contributed by atoms with Crippen LogP contribution < -0.4 is 9.62 Å². The number of benzene rings is 3. The Morgan fingerprint density at radius 1 is 0.946 bits per heavy atom. The first-order valence-electron chi connectivity index (χ1n) is 12.0. The van der Waals surface area contributed by atoms with Gasteiger partial charge in [0.1, 0.15) is 18.4 Å². The molecule has 0 saturated carbocycles. The lowest BCUT2D eigenvalue weighted by atomic mass is 10.1. The van der Waals surface area contributed by atoms with Crippen molar-refractivity contribution in [2.24, 2.45) is 0 Å². The molecular weight excluding hydrogens is 493 g/mol. The molecule has 3 aromatic carbocycles. The number of halogens is 1. The summed E-state index contributed by atoms with van der Waals surface area (Å²) in [5.74, 6) is -1.45. The summed E-state index contributed by atoms with van der Waals surface area (Å²) >= 11 is 0. The van der Waals surface area contributed by atoms with Gasteiger partial charge in [0.05, 0.1) is 10.6 Å². The summed E-state index contributed by atoms with van der Waals surface area (Å²) in [7, 11) is -2.73. The van der Waals surface area contributed by atoms with Gasteiger partial charge in [0.15, 0.2) is 0 Å². The molecule has 1 atom stereocenters. The van der Waals surface area contributed by atoms with Gasteiger partial charge in [-0.2, -0.15) is 0 Å². The number of nitrogens with zero attached hydrogens (tertiary/aromatic N) is 2. The lowest BCUT2D eigenvalue weighted by Gasteiger charge is -2.33. The quantitative estimate of drug-likeness (QED) is 0.430. The van der Waals surface area contributed by atoms with E-state index in [1.807, 2.05) is 38.1 Å². The van der Waals surface area contributed by atoms with Gasteiger partial charge in [-0.25, -0.2) is 12.8 Å². The second-order valence-electron chi connectivity index (χ2n) is 8.85. The van der Waals surface area contributed by atoms with E-state index in [-0.39, 0.29) is 23.0 Å². The highest BCUT2D eigenvalue weighted by molar-refractivity contribution is 7.92. The van der Waals surface area contributed by atoms with Gasteiger partial charge in [-0.1, -0.05) is 54.4 Å². The maximum Gasteiger partial charge on any atom is 0.264 e. The summed E-state index contributed by atoms with van der Waals surface area (Å²) in [4.78, 5) is 27.8. The monoisotopic (exact) mass is 525 g/mol. The molecule has 0 unspecified atom stereocenters. The Kier molecular flexibility index (Phi) is 9.04. The van der Waals surface area contributed by atoms with Gasteiger partial charge in [0, 0.05) is 13.6 Å². The van der Waals surface area contributed by atoms with Gasteiger partial charge in [-0.05, 0) is 62.2 Å². The van der Waals surface area contributed by atoms with Gasteiger partial charge >= 0.3 is 0 Å². The zero-order valence-corrected chi connectivity index (χ0v) is 22.3. The van der Waals surface area contributed by atoms with Crippen molar-refractivity contribution >= 4 is 27.5 Å². The predicted octanol–water partition coefficient (Wildman–Crippen LogP) is 4.19. The van der Waals surface area contributed by atoms with Crippen LogP contribution in [-0.4, -0.2) is 44.8 Å². The molecular formula is C28H32FN3O4S. The molecule has 0 aromatic heterocycles. The molecule has 0 aliphatic rings. The third-order valence-electron chi connectivity index (χ3n) is 6.07. The van der Waals surface area contributed by atoms with E-state index in [0.29, 0.717) is 6.42 Å². The Bertz CT molecular complexity index is 1340. The molecule has 9 heteroatoms. The Morgan fingerprint density at radius 3 is 2.16 bits per heavy atom. The Labute approximate surface area is 218 Å². The van der Waals surface area contributed by atoms with Crippen LogP contribution in [0.1, 0.15) is 30.0 Å². The lowest BCUT2D eigenvalue weighted by molar-refractivity contribution is -0.140. The Hall–Kier alpha value is -3.72. The number of nitrogens with one attached hydrogen (secondary N) is 1. The van der Waals surface area contributed by atoms with Crippen LogP contribution in [0.2, 0.25) is 0 Å². The molecule has 196 valence electrons. The highest BCUT2D eigenvalue weighted by atomic mass is 32.2. The number of rotatable bonds is 10. The van der Waals surface area contributed by atoms with Crippen LogP contribution in [0.5, 0.6) is 0 Å². The third-order valence-corrected chi connectivity index (χ3v) is 7.86. The fraction of sp³-hybridized carbons (Fsp3) is 0.286. The largest absolute Gasteiger partial charge is 0.357 e. The second-order valence-corrected chi connectivity index (χ2v) is 10.7. The highest BCUT2D eigenvalue weighted by Crippen LogP contribution is 2.25. The Morgan fingerprint density at radius 2 is 1.59 bits per heavy atom. The fourth-order valence-corrected chi connectivity index (χ4v) is 5.48. The van der Waals surface area contributed by atoms with Crippen LogP contribution in [0.25, 0.3) is 0 Å². The van der Waals surface area contributed by atoms with Crippen LogP contribution >= 0.6 is 0 Å². The first-order valence-corrected chi connectivity index (χ1v) is 13.4. The molecule has 0 fully saturated rings. The molecule has 0 bridgehead atoms. The standard InChI is InChI=1S/C28H32FN3O4S/c1-5-26(28(34)30-4)31(18-22-8-6-7-21(3)17-22)27(33)19-32(24-13-9-20(2)10-14-24)37(35,36)25-15-11-23(29)12-16-25/h6-17,26H,5,18-19H2,1-4H3,(H,30,34)/t26-/m1/s1. The lowest BCUT2D eigenvalue weighted by Crippen LogP contribution is -2.51. The van der Waals surface area contributed by atoms with Gasteiger partial charge in [-0.15, -0.1) is 0 Å². The van der Waals surface area contributed by atoms with Crippen molar-refractivity contribution in [3.63, 3.8) is 0 Å². The minimum absolute atomic E-state index is 0.130. The van der Waals surface area contributed by atoms with Crippen LogP contribution in [0.3, 0.4) is 0 Å². The van der Waals surface area contributed by atoms with E-state index >= 15 is 0 Å². The van der Waals surface area contributed by atoms with Crippen molar-refractivity contribution in [2.45, 2.75) is 44.7 Å². The first kappa shape index (κ1) is 27.9. The molecule has 7 nitrogen and oxygen atoms in total. The number of hydrogen-bond donors (Lipinski definition) is 1. The summed E-state index contributed by atoms with van der Waals surface area (Å²) in [6, 6.07) is 18.0. The van der Waals surface area contributed by atoms with E-state index in [4.69, 9.17) is 0 Å². The SMILES string of the molecule is CC[C@H](C(=O)NC)N(Cc1cccc(C)c1)C(=O)CN(c1ccc(C)cc1)S(=O)(=O)c1ccc(F)cc1. The molecule has 0 radical (unpaired) electrons. The van der Waals surface area contributed by atoms with Gasteiger partial charge in [0.25, 0.3) is 10.0 Å². The maximum absolute atomic E-state index is 13.8. The molecule has 37 heavy (non-hydrogen) atoms. The number of sulfonamides is 1. The number of aryl methyl sites for hydroxylation is 2. The summed E-state index contributed by atoms with van der Waals surface area (Å²) < 4.78 is 41.9. The summed E-state index contributed by atoms with van der Waals surface area (Å²) in [6.07, 6.45) is 0.340. The van der Waals surface area contributed by atoms with Crippen molar-refractivity contribution in [3.8, 4) is 0 Å². The maximum atomic E-state index is 13.8. The average molecular weight is 526 g/mol. The molecule has 0 saturated heterocycles. The Balaban J connectivity index is 2.05. The van der Waals surface area contributed by atoms with Gasteiger partial charge in [0.2, 0.25) is 11.8 Å². The predicted molar refractivity (Wildman–Crippen MR) is 142 cm³/mol. The van der Waals surface area contributed by atoms with Crippen LogP contribution in [0, 0.1) is 19.7 Å². The second kappa shape index (κ2) is 12.0. The first-order chi connectivity index (χ1) is 17.6. The molecule has 3 rings (SSSR count). The molecule has 1 N–H and O–H groups in total. The summed E-state index contributed by atoms with van der Waals surface area (Å²) in [5.41, 5.74) is 3.02. The smallest absolute Gasteiger partial charge is 0.264 e.